The van der Waals surface area contributed by atoms with Crippen LogP contribution in [0.25, 0.3) is 0 Å². The van der Waals surface area contributed by atoms with E-state index in [1.807, 2.05) is 0 Å². The Morgan fingerprint density at radius 1 is 1.25 bits per heavy atom. The van der Waals surface area contributed by atoms with E-state index in [4.69, 9.17) is 4.42 Å². The van der Waals surface area contributed by atoms with Crippen LogP contribution in [0.2, 0.25) is 0 Å². The molecule has 0 amide bonds. The van der Waals surface area contributed by atoms with E-state index in [-0.39, 0.29) is 0 Å². The van der Waals surface area contributed by atoms with E-state index in [1.165, 1.54) is 32.2 Å². The highest BCUT2D eigenvalue weighted by Gasteiger charge is 2.17. The number of hydrogen-bond donors (Lipinski definition) is 1. The summed E-state index contributed by atoms with van der Waals surface area (Å²) in [6.45, 7) is 8.46. The molecule has 0 bridgehead atoms. The Balaban J connectivity index is 1.71. The monoisotopic (exact) mass is 278 g/mol. The fraction of sp³-hybridized carbons (Fsp3) is 0.765. The molecule has 0 aromatic carbocycles. The first kappa shape index (κ1) is 15.6. The summed E-state index contributed by atoms with van der Waals surface area (Å²) in [5.74, 6) is 3.73. The van der Waals surface area contributed by atoms with Gasteiger partial charge in [0.05, 0.1) is 13.1 Å². The topological polar surface area (TPSA) is 28.4 Å². The lowest BCUT2D eigenvalue weighted by Crippen LogP contribution is -2.23. The fourth-order valence-electron chi connectivity index (χ4n) is 3.05. The predicted molar refractivity (Wildman–Crippen MR) is 83.5 cm³/mol. The molecule has 1 saturated carbocycles. The zero-order valence-corrected chi connectivity index (χ0v) is 13.3. The van der Waals surface area contributed by atoms with Gasteiger partial charge >= 0.3 is 0 Å². The van der Waals surface area contributed by atoms with Gasteiger partial charge in [-0.2, -0.15) is 0 Å². The van der Waals surface area contributed by atoms with Crippen molar-refractivity contribution in [2.24, 2.45) is 11.8 Å². The third kappa shape index (κ3) is 5.29. The lowest BCUT2D eigenvalue weighted by atomic mass is 10.1. The molecule has 0 aliphatic heterocycles. The summed E-state index contributed by atoms with van der Waals surface area (Å²) in [5.41, 5.74) is 0. The molecular formula is C17H30N2O. The number of hydrogen-bond acceptors (Lipinski definition) is 3. The van der Waals surface area contributed by atoms with Crippen molar-refractivity contribution in [1.82, 2.24) is 10.2 Å². The second kappa shape index (κ2) is 7.84. The summed E-state index contributed by atoms with van der Waals surface area (Å²) in [4.78, 5) is 2.40. The number of nitrogens with one attached hydrogen (secondary N) is 1. The first-order chi connectivity index (χ1) is 9.63. The molecule has 1 fully saturated rings. The summed E-state index contributed by atoms with van der Waals surface area (Å²) in [7, 11) is 2.21. The van der Waals surface area contributed by atoms with Gasteiger partial charge in [-0.1, -0.05) is 26.7 Å². The van der Waals surface area contributed by atoms with E-state index < -0.39 is 0 Å². The SMILES string of the molecule is CC(C)CNCc1ccc(CN(C)CC2CCCC2)o1. The van der Waals surface area contributed by atoms with Gasteiger partial charge in [0.1, 0.15) is 11.5 Å². The van der Waals surface area contributed by atoms with Crippen molar-refractivity contribution >= 4 is 0 Å². The average Bonchev–Trinajstić information content (AvgIpc) is 3.01. The van der Waals surface area contributed by atoms with E-state index in [9.17, 15) is 0 Å². The Labute approximate surface area is 123 Å². The van der Waals surface area contributed by atoms with Gasteiger partial charge < -0.3 is 9.73 Å². The summed E-state index contributed by atoms with van der Waals surface area (Å²) in [6.07, 6.45) is 5.66. The molecular weight excluding hydrogens is 248 g/mol. The Morgan fingerprint density at radius 3 is 2.65 bits per heavy atom. The Kier molecular flexibility index (Phi) is 6.11. The molecule has 1 aliphatic rings. The second-order valence-corrected chi connectivity index (χ2v) is 6.74. The van der Waals surface area contributed by atoms with Crippen molar-refractivity contribution in [3.05, 3.63) is 23.7 Å². The van der Waals surface area contributed by atoms with Crippen LogP contribution in [0.4, 0.5) is 0 Å². The Morgan fingerprint density at radius 2 is 1.95 bits per heavy atom. The molecule has 1 aliphatic carbocycles. The van der Waals surface area contributed by atoms with E-state index >= 15 is 0 Å². The van der Waals surface area contributed by atoms with Crippen molar-refractivity contribution in [3.63, 3.8) is 0 Å². The number of rotatable bonds is 8. The highest BCUT2D eigenvalue weighted by molar-refractivity contribution is 5.07. The lowest BCUT2D eigenvalue weighted by Gasteiger charge is -2.19. The molecule has 2 rings (SSSR count). The molecule has 1 heterocycles. The molecule has 0 radical (unpaired) electrons. The van der Waals surface area contributed by atoms with Crippen LogP contribution in [0.15, 0.2) is 16.5 Å². The van der Waals surface area contributed by atoms with Crippen molar-refractivity contribution in [2.75, 3.05) is 20.1 Å². The van der Waals surface area contributed by atoms with E-state index in [1.54, 1.807) is 0 Å². The zero-order chi connectivity index (χ0) is 14.4. The summed E-state index contributed by atoms with van der Waals surface area (Å²) in [5, 5.41) is 3.42. The van der Waals surface area contributed by atoms with Gasteiger partial charge in [0, 0.05) is 6.54 Å². The maximum Gasteiger partial charge on any atom is 0.118 e. The highest BCUT2D eigenvalue weighted by atomic mass is 16.3. The first-order valence-corrected chi connectivity index (χ1v) is 8.10. The smallest absolute Gasteiger partial charge is 0.118 e. The predicted octanol–water partition coefficient (Wildman–Crippen LogP) is 3.65. The van der Waals surface area contributed by atoms with E-state index in [0.29, 0.717) is 5.92 Å². The molecule has 0 atom stereocenters. The molecule has 1 N–H and O–H groups in total. The summed E-state index contributed by atoms with van der Waals surface area (Å²) >= 11 is 0. The second-order valence-electron chi connectivity index (χ2n) is 6.74. The van der Waals surface area contributed by atoms with Crippen molar-refractivity contribution in [1.29, 1.82) is 0 Å². The van der Waals surface area contributed by atoms with E-state index in [2.05, 4.69) is 43.2 Å². The third-order valence-corrected chi connectivity index (χ3v) is 4.04. The van der Waals surface area contributed by atoms with Gasteiger partial charge in [-0.25, -0.2) is 0 Å². The molecule has 0 spiro atoms. The van der Waals surface area contributed by atoms with Crippen molar-refractivity contribution in [2.45, 2.75) is 52.6 Å². The summed E-state index contributed by atoms with van der Waals surface area (Å²) < 4.78 is 5.90. The van der Waals surface area contributed by atoms with Crippen LogP contribution in [0, 0.1) is 11.8 Å². The summed E-state index contributed by atoms with van der Waals surface area (Å²) in [6, 6.07) is 4.23. The molecule has 1 aromatic heterocycles. The van der Waals surface area contributed by atoms with Gasteiger partial charge in [0.2, 0.25) is 0 Å². The van der Waals surface area contributed by atoms with Gasteiger partial charge in [-0.3, -0.25) is 4.90 Å². The largest absolute Gasteiger partial charge is 0.463 e. The van der Waals surface area contributed by atoms with Gasteiger partial charge in [-0.05, 0) is 50.4 Å². The lowest BCUT2D eigenvalue weighted by molar-refractivity contribution is 0.248. The standard InChI is InChI=1S/C17H30N2O/c1-14(2)10-18-11-16-8-9-17(20-16)13-19(3)12-15-6-4-5-7-15/h8-9,14-15,18H,4-7,10-13H2,1-3H3. The minimum Gasteiger partial charge on any atom is -0.463 e. The first-order valence-electron chi connectivity index (χ1n) is 8.10. The van der Waals surface area contributed by atoms with Crippen LogP contribution in [0.3, 0.4) is 0 Å². The van der Waals surface area contributed by atoms with Gasteiger partial charge in [0.15, 0.2) is 0 Å². The number of nitrogens with zero attached hydrogens (tertiary/aromatic N) is 1. The van der Waals surface area contributed by atoms with Crippen LogP contribution < -0.4 is 5.32 Å². The molecule has 0 saturated heterocycles. The van der Waals surface area contributed by atoms with Crippen LogP contribution in [-0.4, -0.2) is 25.0 Å². The van der Waals surface area contributed by atoms with Crippen LogP contribution in [0.5, 0.6) is 0 Å². The zero-order valence-electron chi connectivity index (χ0n) is 13.3. The van der Waals surface area contributed by atoms with Crippen LogP contribution >= 0.6 is 0 Å². The third-order valence-electron chi connectivity index (χ3n) is 4.04. The van der Waals surface area contributed by atoms with Crippen LogP contribution in [0.1, 0.15) is 51.1 Å². The van der Waals surface area contributed by atoms with Gasteiger partial charge in [0.25, 0.3) is 0 Å². The van der Waals surface area contributed by atoms with E-state index in [0.717, 1.165) is 37.1 Å². The number of furan rings is 1. The Bertz CT molecular complexity index is 380. The maximum atomic E-state index is 5.90. The maximum absolute atomic E-state index is 5.90. The minimum absolute atomic E-state index is 0.682. The Hall–Kier alpha value is -0.800. The van der Waals surface area contributed by atoms with Crippen molar-refractivity contribution < 1.29 is 4.42 Å². The molecule has 0 unspecified atom stereocenters. The molecule has 3 heteroatoms. The molecule has 114 valence electrons. The molecule has 20 heavy (non-hydrogen) atoms. The van der Waals surface area contributed by atoms with Crippen molar-refractivity contribution in [3.8, 4) is 0 Å². The van der Waals surface area contributed by atoms with Crippen LogP contribution in [-0.2, 0) is 13.1 Å². The highest BCUT2D eigenvalue weighted by Crippen LogP contribution is 2.25. The average molecular weight is 278 g/mol. The molecule has 3 nitrogen and oxygen atoms in total. The quantitative estimate of drug-likeness (QED) is 0.787. The minimum atomic E-state index is 0.682. The molecule has 1 aromatic rings. The fourth-order valence-corrected chi connectivity index (χ4v) is 3.05. The van der Waals surface area contributed by atoms with Gasteiger partial charge in [-0.15, -0.1) is 0 Å². The normalized spacial score (nSPS) is 16.6.